The Morgan fingerprint density at radius 3 is 2.75 bits per heavy atom. The van der Waals surface area contributed by atoms with Crippen molar-refractivity contribution in [1.82, 2.24) is 19.7 Å². The van der Waals surface area contributed by atoms with Crippen molar-refractivity contribution in [3.63, 3.8) is 0 Å². The van der Waals surface area contributed by atoms with Crippen LogP contribution in [0.25, 0.3) is 28.0 Å². The summed E-state index contributed by atoms with van der Waals surface area (Å²) >= 11 is 17.3. The van der Waals surface area contributed by atoms with Crippen LogP contribution in [0.3, 0.4) is 0 Å². The van der Waals surface area contributed by atoms with Gasteiger partial charge < -0.3 is 9.73 Å². The monoisotopic (exact) mass is 598 g/mol. The number of rotatable bonds is 5. The van der Waals surface area contributed by atoms with Gasteiger partial charge >= 0.3 is 0 Å². The molecular weight excluding hydrogens is 587 g/mol. The smallest absolute Gasteiger partial charge is 0.272 e. The first-order chi connectivity index (χ1) is 17.3. The van der Waals surface area contributed by atoms with Crippen molar-refractivity contribution in [3.05, 3.63) is 85.5 Å². The summed E-state index contributed by atoms with van der Waals surface area (Å²) in [7, 11) is 0. The number of halogens is 3. The Labute approximate surface area is 227 Å². The van der Waals surface area contributed by atoms with Crippen LogP contribution in [0.2, 0.25) is 10.0 Å². The van der Waals surface area contributed by atoms with Crippen molar-refractivity contribution in [2.45, 2.75) is 6.92 Å². The maximum absolute atomic E-state index is 13.5. The molecular formula is C24H13BrCl2N6O2S. The molecule has 0 bridgehead atoms. The van der Waals surface area contributed by atoms with E-state index in [2.05, 4.69) is 42.5 Å². The number of benzene rings is 1. The third-order valence-corrected chi connectivity index (χ3v) is 7.03. The van der Waals surface area contributed by atoms with E-state index in [1.54, 1.807) is 59.4 Å². The van der Waals surface area contributed by atoms with Gasteiger partial charge in [0.2, 0.25) is 5.89 Å². The van der Waals surface area contributed by atoms with E-state index in [0.717, 1.165) is 0 Å². The number of aromatic nitrogens is 4. The lowest BCUT2D eigenvalue weighted by molar-refractivity contribution is 0.102. The largest absolute Gasteiger partial charge is 0.415 e. The van der Waals surface area contributed by atoms with Crippen molar-refractivity contribution >= 4 is 62.1 Å². The first-order valence-electron chi connectivity index (χ1n) is 10.3. The predicted molar refractivity (Wildman–Crippen MR) is 142 cm³/mol. The van der Waals surface area contributed by atoms with Gasteiger partial charge in [0.15, 0.2) is 5.82 Å². The van der Waals surface area contributed by atoms with Gasteiger partial charge in [0.05, 0.1) is 21.2 Å². The zero-order valence-electron chi connectivity index (χ0n) is 18.3. The number of hydrogen-bond acceptors (Lipinski definition) is 7. The molecule has 1 N–H and O–H groups in total. The van der Waals surface area contributed by atoms with E-state index in [4.69, 9.17) is 32.9 Å². The number of thiophene rings is 1. The van der Waals surface area contributed by atoms with Crippen molar-refractivity contribution in [1.29, 1.82) is 5.26 Å². The van der Waals surface area contributed by atoms with Crippen molar-refractivity contribution in [2.24, 2.45) is 0 Å². The molecule has 0 saturated carbocycles. The average Bonchev–Trinajstić information content (AvgIpc) is 3.60. The fourth-order valence-electron chi connectivity index (χ4n) is 3.53. The summed E-state index contributed by atoms with van der Waals surface area (Å²) in [5.41, 5.74) is 1.91. The second kappa shape index (κ2) is 9.87. The Balaban J connectivity index is 1.53. The number of hydrogen-bond donors (Lipinski definition) is 1. The number of carbonyl (C=O) groups is 1. The van der Waals surface area contributed by atoms with E-state index in [-0.39, 0.29) is 11.8 Å². The summed E-state index contributed by atoms with van der Waals surface area (Å²) in [5.74, 6) is 0.430. The molecule has 1 aromatic carbocycles. The van der Waals surface area contributed by atoms with Crippen LogP contribution in [0.4, 0.5) is 5.69 Å². The summed E-state index contributed by atoms with van der Waals surface area (Å²) in [5, 5.41) is 21.1. The van der Waals surface area contributed by atoms with E-state index in [1.807, 2.05) is 6.92 Å². The molecule has 0 unspecified atom stereocenters. The fraction of sp³-hybridized carbons (Fsp3) is 0.0417. The van der Waals surface area contributed by atoms with Gasteiger partial charge in [0, 0.05) is 21.9 Å². The normalized spacial score (nSPS) is 10.9. The molecule has 0 atom stereocenters. The lowest BCUT2D eigenvalue weighted by atomic mass is 10.1. The molecule has 4 heterocycles. The van der Waals surface area contributed by atoms with Gasteiger partial charge in [-0.05, 0) is 70.9 Å². The molecule has 0 fully saturated rings. The second-order valence-electron chi connectivity index (χ2n) is 7.51. The summed E-state index contributed by atoms with van der Waals surface area (Å²) in [4.78, 5) is 19.0. The zero-order valence-corrected chi connectivity index (χ0v) is 22.2. The van der Waals surface area contributed by atoms with E-state index < -0.39 is 5.91 Å². The Morgan fingerprint density at radius 1 is 1.19 bits per heavy atom. The van der Waals surface area contributed by atoms with Gasteiger partial charge in [0.1, 0.15) is 16.6 Å². The van der Waals surface area contributed by atoms with E-state index in [1.165, 1.54) is 11.3 Å². The number of amides is 1. The first kappa shape index (κ1) is 24.2. The van der Waals surface area contributed by atoms with Gasteiger partial charge in [-0.1, -0.05) is 23.2 Å². The highest BCUT2D eigenvalue weighted by Crippen LogP contribution is 2.36. The highest BCUT2D eigenvalue weighted by molar-refractivity contribution is 9.10. The Morgan fingerprint density at radius 2 is 2.00 bits per heavy atom. The number of pyridine rings is 1. The minimum Gasteiger partial charge on any atom is -0.415 e. The molecule has 0 aliphatic rings. The van der Waals surface area contributed by atoms with Crippen LogP contribution in [0, 0.1) is 18.3 Å². The molecule has 0 aliphatic carbocycles. The van der Waals surface area contributed by atoms with Crippen LogP contribution >= 0.6 is 50.5 Å². The number of nitrogens with one attached hydrogen (secondary N) is 1. The van der Waals surface area contributed by atoms with Gasteiger partial charge in [-0.2, -0.15) is 5.26 Å². The Bertz CT molecular complexity index is 1670. The van der Waals surface area contributed by atoms with Crippen LogP contribution in [0.1, 0.15) is 20.9 Å². The SMILES string of the molecule is Cc1cc(Cl)cc(-c2nnc(-c3ccc(C#N)s3)o2)c1NC(=O)c1cc(Br)cn1-c1ncccc1Cl. The number of anilines is 1. The van der Waals surface area contributed by atoms with Gasteiger partial charge in [-0.15, -0.1) is 21.5 Å². The molecule has 4 aromatic heterocycles. The van der Waals surface area contributed by atoms with Crippen molar-refractivity contribution in [3.8, 4) is 34.1 Å². The van der Waals surface area contributed by atoms with Crippen LogP contribution in [-0.2, 0) is 0 Å². The molecule has 5 aromatic rings. The Kier molecular flexibility index (Phi) is 6.64. The molecule has 5 rings (SSSR count). The van der Waals surface area contributed by atoms with E-state index >= 15 is 0 Å². The highest BCUT2D eigenvalue weighted by atomic mass is 79.9. The lowest BCUT2D eigenvalue weighted by Crippen LogP contribution is -2.18. The Hall–Kier alpha value is -3.49. The molecule has 178 valence electrons. The van der Waals surface area contributed by atoms with E-state index in [0.29, 0.717) is 52.6 Å². The minimum atomic E-state index is -0.411. The minimum absolute atomic E-state index is 0.169. The summed E-state index contributed by atoms with van der Waals surface area (Å²) in [6.07, 6.45) is 3.30. The second-order valence-corrected chi connectivity index (χ2v) is 10.4. The number of nitriles is 1. The van der Waals surface area contributed by atoms with Crippen molar-refractivity contribution < 1.29 is 9.21 Å². The van der Waals surface area contributed by atoms with Gasteiger partial charge in [-0.25, -0.2) is 4.98 Å². The number of nitrogens with zero attached hydrogens (tertiary/aromatic N) is 5. The predicted octanol–water partition coefficient (Wildman–Crippen LogP) is 7.15. The van der Waals surface area contributed by atoms with E-state index in [9.17, 15) is 4.79 Å². The molecule has 8 nitrogen and oxygen atoms in total. The number of aryl methyl sites for hydroxylation is 1. The van der Waals surface area contributed by atoms with Crippen molar-refractivity contribution in [2.75, 3.05) is 5.32 Å². The summed E-state index contributed by atoms with van der Waals surface area (Å²) in [6, 6.07) is 13.9. The third-order valence-electron chi connectivity index (χ3n) is 5.11. The van der Waals surface area contributed by atoms with Crippen LogP contribution in [0.15, 0.2) is 63.7 Å². The first-order valence-corrected chi connectivity index (χ1v) is 12.6. The van der Waals surface area contributed by atoms with Crippen LogP contribution in [-0.4, -0.2) is 25.7 Å². The summed E-state index contributed by atoms with van der Waals surface area (Å²) in [6.45, 7) is 1.81. The molecule has 0 radical (unpaired) electrons. The average molecular weight is 600 g/mol. The quantitative estimate of drug-likeness (QED) is 0.230. The maximum Gasteiger partial charge on any atom is 0.272 e. The maximum atomic E-state index is 13.5. The highest BCUT2D eigenvalue weighted by Gasteiger charge is 2.22. The number of carbonyl (C=O) groups excluding carboxylic acids is 1. The molecule has 1 amide bonds. The fourth-order valence-corrected chi connectivity index (χ4v) is 5.17. The molecule has 0 saturated heterocycles. The molecule has 12 heteroatoms. The molecule has 36 heavy (non-hydrogen) atoms. The third kappa shape index (κ3) is 4.66. The lowest BCUT2D eigenvalue weighted by Gasteiger charge is -2.14. The van der Waals surface area contributed by atoms with Gasteiger partial charge in [-0.3, -0.25) is 9.36 Å². The van der Waals surface area contributed by atoms with Crippen LogP contribution < -0.4 is 5.32 Å². The summed E-state index contributed by atoms with van der Waals surface area (Å²) < 4.78 is 8.17. The van der Waals surface area contributed by atoms with Crippen LogP contribution in [0.5, 0.6) is 0 Å². The standard InChI is InChI=1S/C24H13BrCl2N6O2S/c1-12-7-14(26)9-16(23-31-32-24(35-23)19-5-4-15(10-28)36-19)20(12)30-22(34)18-8-13(25)11-33(18)21-17(27)3-2-6-29-21/h2-9,11H,1H3,(H,30,34). The molecule has 0 aliphatic heterocycles. The zero-order chi connectivity index (χ0) is 25.4. The topological polar surface area (TPSA) is 110 Å². The van der Waals surface area contributed by atoms with Gasteiger partial charge in [0.25, 0.3) is 11.8 Å². The molecule has 0 spiro atoms.